The van der Waals surface area contributed by atoms with Crippen LogP contribution in [-0.4, -0.2) is 30.9 Å². The Labute approximate surface area is 150 Å². The van der Waals surface area contributed by atoms with E-state index < -0.39 is 0 Å². The third-order valence-electron chi connectivity index (χ3n) is 5.52. The fourth-order valence-corrected chi connectivity index (χ4v) is 4.62. The molecule has 0 N–H and O–H groups in total. The van der Waals surface area contributed by atoms with Gasteiger partial charge in [0.25, 0.3) is 0 Å². The van der Waals surface area contributed by atoms with E-state index in [1.54, 1.807) is 0 Å². The summed E-state index contributed by atoms with van der Waals surface area (Å²) in [5, 5.41) is 1.57. The smallest absolute Gasteiger partial charge is 0.339 e. The lowest BCUT2D eigenvalue weighted by molar-refractivity contribution is 0.0281. The lowest BCUT2D eigenvalue weighted by Crippen LogP contribution is -2.37. The summed E-state index contributed by atoms with van der Waals surface area (Å²) in [6.07, 6.45) is 5.16. The molecule has 0 saturated carbocycles. The molecule has 132 valence electrons. The van der Waals surface area contributed by atoms with Crippen molar-refractivity contribution in [3.05, 3.63) is 38.2 Å². The molecule has 1 aliphatic carbocycles. The van der Waals surface area contributed by atoms with Gasteiger partial charge in [-0.05, 0) is 43.7 Å². The number of rotatable bonds is 2. The molecular formula is C19H20ClNO4. The lowest BCUT2D eigenvalue weighted by atomic mass is 10.0. The normalized spacial score (nSPS) is 22.8. The maximum Gasteiger partial charge on any atom is 0.339 e. The van der Waals surface area contributed by atoms with Crippen molar-refractivity contribution in [2.24, 2.45) is 0 Å². The van der Waals surface area contributed by atoms with Crippen LogP contribution in [0.5, 0.6) is 5.75 Å². The molecule has 2 aromatic rings. The molecule has 6 heteroatoms. The first-order valence-electron chi connectivity index (χ1n) is 8.97. The first-order chi connectivity index (χ1) is 12.2. The van der Waals surface area contributed by atoms with E-state index in [1.807, 2.05) is 6.07 Å². The highest BCUT2D eigenvalue weighted by Gasteiger charge is 2.29. The summed E-state index contributed by atoms with van der Waals surface area (Å²) in [5.41, 5.74) is 3.24. The summed E-state index contributed by atoms with van der Waals surface area (Å²) in [7, 11) is 0. The maximum atomic E-state index is 12.4. The van der Waals surface area contributed by atoms with Gasteiger partial charge in [-0.15, -0.1) is 0 Å². The van der Waals surface area contributed by atoms with E-state index in [-0.39, 0.29) is 11.7 Å². The van der Waals surface area contributed by atoms with Crippen molar-refractivity contribution in [2.45, 2.75) is 44.8 Å². The molecule has 0 spiro atoms. The number of halogens is 1. The second kappa shape index (κ2) is 6.01. The van der Waals surface area contributed by atoms with Crippen molar-refractivity contribution in [3.8, 4) is 5.75 Å². The molecule has 2 aliphatic heterocycles. The van der Waals surface area contributed by atoms with E-state index in [9.17, 15) is 4.79 Å². The largest absolute Gasteiger partial charge is 0.476 e. The van der Waals surface area contributed by atoms with Gasteiger partial charge >= 0.3 is 5.63 Å². The third-order valence-corrected chi connectivity index (χ3v) is 5.80. The predicted molar refractivity (Wildman–Crippen MR) is 94.4 cm³/mol. The van der Waals surface area contributed by atoms with Crippen molar-refractivity contribution in [3.63, 3.8) is 0 Å². The average Bonchev–Trinajstić information content (AvgIpc) is 3.28. The molecule has 5 nitrogen and oxygen atoms in total. The van der Waals surface area contributed by atoms with Crippen LogP contribution in [0.3, 0.4) is 0 Å². The van der Waals surface area contributed by atoms with E-state index in [2.05, 4.69) is 4.90 Å². The lowest BCUT2D eigenvalue weighted by Gasteiger charge is -2.31. The average molecular weight is 362 g/mol. The fraction of sp³-hybridized carbons (Fsp3) is 0.526. The molecule has 1 fully saturated rings. The summed E-state index contributed by atoms with van der Waals surface area (Å²) < 4.78 is 17.4. The van der Waals surface area contributed by atoms with Gasteiger partial charge < -0.3 is 13.9 Å². The summed E-state index contributed by atoms with van der Waals surface area (Å²) in [4.78, 5) is 14.6. The predicted octanol–water partition coefficient (Wildman–Crippen LogP) is 3.27. The van der Waals surface area contributed by atoms with Gasteiger partial charge in [0, 0.05) is 30.6 Å². The SMILES string of the molecule is O=c1oc2c3c(c(Cl)cc2c2c1CCC2)OCN(C[C@H]1CCCO1)C3. The second-order valence-electron chi connectivity index (χ2n) is 7.16. The van der Waals surface area contributed by atoms with Crippen LogP contribution in [0.15, 0.2) is 15.3 Å². The Morgan fingerprint density at radius 1 is 1.20 bits per heavy atom. The van der Waals surface area contributed by atoms with Gasteiger partial charge in [-0.25, -0.2) is 4.79 Å². The number of fused-ring (bicyclic) bond motifs is 5. The molecule has 3 aliphatic rings. The molecule has 5 rings (SSSR count). The molecule has 0 amide bonds. The number of hydrogen-bond donors (Lipinski definition) is 0. The Morgan fingerprint density at radius 2 is 2.08 bits per heavy atom. The zero-order chi connectivity index (χ0) is 17.0. The number of benzene rings is 1. The number of nitrogens with zero attached hydrogens (tertiary/aromatic N) is 1. The second-order valence-corrected chi connectivity index (χ2v) is 7.57. The number of ether oxygens (including phenoxy) is 2. The Morgan fingerprint density at radius 3 is 2.92 bits per heavy atom. The molecule has 0 radical (unpaired) electrons. The highest BCUT2D eigenvalue weighted by molar-refractivity contribution is 6.33. The minimum Gasteiger partial charge on any atom is -0.476 e. The van der Waals surface area contributed by atoms with Gasteiger partial charge in [-0.2, -0.15) is 0 Å². The summed E-state index contributed by atoms with van der Waals surface area (Å²) in [6, 6.07) is 1.90. The topological polar surface area (TPSA) is 51.9 Å². The molecule has 1 aromatic carbocycles. The van der Waals surface area contributed by atoms with Crippen molar-refractivity contribution in [1.82, 2.24) is 4.90 Å². The first kappa shape index (κ1) is 15.7. The van der Waals surface area contributed by atoms with Crippen molar-refractivity contribution >= 4 is 22.6 Å². The zero-order valence-electron chi connectivity index (χ0n) is 14.0. The van der Waals surface area contributed by atoms with Crippen LogP contribution >= 0.6 is 11.6 Å². The quantitative estimate of drug-likeness (QED) is 0.768. The highest BCUT2D eigenvalue weighted by Crippen LogP contribution is 2.41. The summed E-state index contributed by atoms with van der Waals surface area (Å²) in [6.45, 7) is 2.80. The molecule has 1 aromatic heterocycles. The van der Waals surface area contributed by atoms with Crippen LogP contribution in [-0.2, 0) is 24.1 Å². The van der Waals surface area contributed by atoms with Crippen LogP contribution in [0.4, 0.5) is 0 Å². The van der Waals surface area contributed by atoms with Crippen LogP contribution in [0.2, 0.25) is 5.02 Å². The minimum absolute atomic E-state index is 0.208. The van der Waals surface area contributed by atoms with Crippen molar-refractivity contribution < 1.29 is 13.9 Å². The Kier molecular flexibility index (Phi) is 3.77. The van der Waals surface area contributed by atoms with E-state index in [1.165, 1.54) is 0 Å². The van der Waals surface area contributed by atoms with Gasteiger partial charge in [0.1, 0.15) is 18.1 Å². The Hall–Kier alpha value is -1.56. The van der Waals surface area contributed by atoms with Crippen molar-refractivity contribution in [1.29, 1.82) is 0 Å². The summed E-state index contributed by atoms with van der Waals surface area (Å²) in [5.74, 6) is 0.652. The number of aryl methyl sites for hydroxylation is 1. The van der Waals surface area contributed by atoms with Crippen LogP contribution in [0.25, 0.3) is 11.0 Å². The van der Waals surface area contributed by atoms with Gasteiger partial charge in [-0.1, -0.05) is 11.6 Å². The molecule has 0 bridgehead atoms. The maximum absolute atomic E-state index is 12.4. The molecule has 1 saturated heterocycles. The van der Waals surface area contributed by atoms with E-state index in [0.717, 1.165) is 67.3 Å². The minimum atomic E-state index is -0.208. The van der Waals surface area contributed by atoms with Gasteiger partial charge in [-0.3, -0.25) is 4.90 Å². The molecular weight excluding hydrogens is 342 g/mol. The standard InChI is InChI=1S/C19H20ClNO4/c20-16-7-14-12-4-1-5-13(12)19(22)25-17(14)15-9-21(10-24-18(15)16)8-11-3-2-6-23-11/h7,11H,1-6,8-10H2/t11-/m1/s1. The van der Waals surface area contributed by atoms with Crippen molar-refractivity contribution in [2.75, 3.05) is 19.9 Å². The van der Waals surface area contributed by atoms with Gasteiger partial charge in [0.15, 0.2) is 0 Å². The van der Waals surface area contributed by atoms with Gasteiger partial charge in [0.2, 0.25) is 0 Å². The molecule has 0 unspecified atom stereocenters. The molecule has 1 atom stereocenters. The van der Waals surface area contributed by atoms with Crippen LogP contribution in [0.1, 0.15) is 36.0 Å². The van der Waals surface area contributed by atoms with Crippen LogP contribution in [0, 0.1) is 0 Å². The van der Waals surface area contributed by atoms with E-state index >= 15 is 0 Å². The van der Waals surface area contributed by atoms with Gasteiger partial charge in [0.05, 0.1) is 16.7 Å². The Bertz CT molecular complexity index is 901. The Balaban J connectivity index is 1.59. The van der Waals surface area contributed by atoms with E-state index in [4.69, 9.17) is 25.5 Å². The third kappa shape index (κ3) is 2.57. The van der Waals surface area contributed by atoms with E-state index in [0.29, 0.717) is 29.6 Å². The molecule has 25 heavy (non-hydrogen) atoms. The zero-order valence-corrected chi connectivity index (χ0v) is 14.7. The number of hydrogen-bond acceptors (Lipinski definition) is 5. The van der Waals surface area contributed by atoms with Crippen LogP contribution < -0.4 is 10.4 Å². The monoisotopic (exact) mass is 361 g/mol. The first-order valence-corrected chi connectivity index (χ1v) is 9.35. The summed E-state index contributed by atoms with van der Waals surface area (Å²) >= 11 is 6.49. The highest BCUT2D eigenvalue weighted by atomic mass is 35.5. The fourth-order valence-electron chi connectivity index (χ4n) is 4.35. The molecule has 3 heterocycles.